The summed E-state index contributed by atoms with van der Waals surface area (Å²) in [5, 5.41) is 3.63. The minimum Gasteiger partial charge on any atom is -0.496 e. The van der Waals surface area contributed by atoms with Gasteiger partial charge in [-0.2, -0.15) is 0 Å². The molecule has 0 unspecified atom stereocenters. The molecule has 3 aromatic rings. The molecule has 0 radical (unpaired) electrons. The number of aromatic nitrogens is 2. The van der Waals surface area contributed by atoms with Crippen LogP contribution >= 0.6 is 0 Å². The molecular formula is C24H28N4O3. The van der Waals surface area contributed by atoms with Gasteiger partial charge in [-0.25, -0.2) is 4.98 Å². The quantitative estimate of drug-likeness (QED) is 0.585. The number of rotatable bonds is 8. The summed E-state index contributed by atoms with van der Waals surface area (Å²) in [7, 11) is 1.68. The molecule has 1 saturated heterocycles. The number of hydrogen-bond donors (Lipinski definition) is 2. The molecular weight excluding hydrogens is 392 g/mol. The van der Waals surface area contributed by atoms with E-state index in [2.05, 4.69) is 26.3 Å². The van der Waals surface area contributed by atoms with Gasteiger partial charge in [0.15, 0.2) is 0 Å². The van der Waals surface area contributed by atoms with E-state index in [1.807, 2.05) is 36.4 Å². The molecule has 0 saturated carbocycles. The summed E-state index contributed by atoms with van der Waals surface area (Å²) in [5.74, 6) is 1.31. The summed E-state index contributed by atoms with van der Waals surface area (Å²) in [6.07, 6.45) is 2.98. The molecule has 162 valence electrons. The summed E-state index contributed by atoms with van der Waals surface area (Å²) < 4.78 is 5.56. The molecule has 31 heavy (non-hydrogen) atoms. The van der Waals surface area contributed by atoms with Gasteiger partial charge in [0.05, 0.1) is 24.1 Å². The van der Waals surface area contributed by atoms with Crippen LogP contribution in [0.2, 0.25) is 0 Å². The van der Waals surface area contributed by atoms with Crippen LogP contribution in [-0.2, 0) is 11.2 Å². The molecule has 7 heteroatoms. The normalized spacial score (nSPS) is 15.1. The lowest BCUT2D eigenvalue weighted by Gasteiger charge is -2.29. The Morgan fingerprint density at radius 2 is 1.90 bits per heavy atom. The minimum absolute atomic E-state index is 0.0603. The van der Waals surface area contributed by atoms with E-state index in [9.17, 15) is 9.59 Å². The molecule has 1 aromatic heterocycles. The van der Waals surface area contributed by atoms with Crippen molar-refractivity contribution in [1.82, 2.24) is 20.2 Å². The highest BCUT2D eigenvalue weighted by molar-refractivity contribution is 5.78. The molecule has 1 fully saturated rings. The van der Waals surface area contributed by atoms with Crippen LogP contribution in [0.3, 0.4) is 0 Å². The fraction of sp³-hybridized carbons (Fsp3) is 0.375. The Hall–Kier alpha value is -3.19. The van der Waals surface area contributed by atoms with Gasteiger partial charge in [0.2, 0.25) is 5.91 Å². The Morgan fingerprint density at radius 3 is 2.71 bits per heavy atom. The number of aromatic amines is 1. The summed E-state index contributed by atoms with van der Waals surface area (Å²) in [4.78, 5) is 34.5. The van der Waals surface area contributed by atoms with Crippen LogP contribution in [0.25, 0.3) is 10.9 Å². The molecule has 1 aliphatic rings. The third-order valence-electron chi connectivity index (χ3n) is 5.82. The lowest BCUT2D eigenvalue weighted by atomic mass is 10.0. The van der Waals surface area contributed by atoms with Crippen LogP contribution in [0, 0.1) is 0 Å². The second-order valence-corrected chi connectivity index (χ2v) is 7.83. The number of ether oxygens (including phenoxy) is 1. The van der Waals surface area contributed by atoms with Crippen molar-refractivity contribution in [2.24, 2.45) is 0 Å². The average molecular weight is 421 g/mol. The highest BCUT2D eigenvalue weighted by Gasteiger charge is 2.26. The lowest BCUT2D eigenvalue weighted by molar-refractivity contribution is -0.121. The number of aryl methyl sites for hydroxylation is 1. The van der Waals surface area contributed by atoms with Crippen molar-refractivity contribution in [3.8, 4) is 5.75 Å². The third-order valence-corrected chi connectivity index (χ3v) is 5.82. The Balaban J connectivity index is 1.41. The number of likely N-dealkylation sites (tertiary alicyclic amines) is 1. The monoisotopic (exact) mass is 420 g/mol. The van der Waals surface area contributed by atoms with Crippen molar-refractivity contribution in [2.75, 3.05) is 26.7 Å². The van der Waals surface area contributed by atoms with Crippen LogP contribution in [0.5, 0.6) is 5.75 Å². The Bertz CT molecular complexity index is 1110. The van der Waals surface area contributed by atoms with Crippen LogP contribution in [-0.4, -0.2) is 47.5 Å². The number of nitrogens with zero attached hydrogens (tertiary/aromatic N) is 2. The third kappa shape index (κ3) is 4.94. The molecule has 7 nitrogen and oxygen atoms in total. The maximum atomic E-state index is 12.6. The van der Waals surface area contributed by atoms with Gasteiger partial charge in [-0.3, -0.25) is 14.5 Å². The van der Waals surface area contributed by atoms with E-state index in [0.717, 1.165) is 24.4 Å². The van der Waals surface area contributed by atoms with Crippen molar-refractivity contribution in [3.63, 3.8) is 0 Å². The van der Waals surface area contributed by atoms with Crippen molar-refractivity contribution < 1.29 is 9.53 Å². The molecule has 0 bridgehead atoms. The predicted octanol–water partition coefficient (Wildman–Crippen LogP) is 2.82. The summed E-state index contributed by atoms with van der Waals surface area (Å²) in [6, 6.07) is 15.3. The maximum absolute atomic E-state index is 12.6. The zero-order chi connectivity index (χ0) is 21.6. The van der Waals surface area contributed by atoms with Gasteiger partial charge in [0.25, 0.3) is 5.56 Å². The van der Waals surface area contributed by atoms with E-state index in [1.165, 1.54) is 12.8 Å². The number of hydrogen-bond acceptors (Lipinski definition) is 5. The Morgan fingerprint density at radius 1 is 1.16 bits per heavy atom. The van der Waals surface area contributed by atoms with Gasteiger partial charge in [0, 0.05) is 24.9 Å². The van der Waals surface area contributed by atoms with E-state index in [-0.39, 0.29) is 23.9 Å². The molecule has 1 amide bonds. The standard InChI is InChI=1S/C24H28N4O3/c1-31-21-11-5-3-9-18(21)20(28-14-6-7-15-28)16-25-23(29)13-12-22-26-19-10-4-2-8-17(19)24(30)27-22/h2-5,8-11,20H,6-7,12-16H2,1H3,(H,25,29)(H,26,27,30)/t20-/m0/s1. The first kappa shape index (κ1) is 21.1. The van der Waals surface area contributed by atoms with E-state index in [1.54, 1.807) is 13.2 Å². The number of H-pyrrole nitrogens is 1. The van der Waals surface area contributed by atoms with Crippen LogP contribution in [0.4, 0.5) is 0 Å². The fourth-order valence-electron chi connectivity index (χ4n) is 4.21. The predicted molar refractivity (Wildman–Crippen MR) is 120 cm³/mol. The first-order chi connectivity index (χ1) is 15.2. The number of amides is 1. The number of carbonyl (C=O) groups is 1. The average Bonchev–Trinajstić information content (AvgIpc) is 3.33. The van der Waals surface area contributed by atoms with Crippen molar-refractivity contribution in [1.29, 1.82) is 0 Å². The zero-order valence-electron chi connectivity index (χ0n) is 17.8. The number of para-hydroxylation sites is 2. The molecule has 0 spiro atoms. The fourth-order valence-corrected chi connectivity index (χ4v) is 4.21. The summed E-state index contributed by atoms with van der Waals surface area (Å²) >= 11 is 0. The van der Waals surface area contributed by atoms with Crippen LogP contribution in [0.1, 0.15) is 36.7 Å². The Labute approximate surface area is 181 Å². The topological polar surface area (TPSA) is 87.3 Å². The van der Waals surface area contributed by atoms with Gasteiger partial charge < -0.3 is 15.0 Å². The molecule has 2 N–H and O–H groups in total. The lowest BCUT2D eigenvalue weighted by Crippen LogP contribution is -2.37. The smallest absolute Gasteiger partial charge is 0.258 e. The Kier molecular flexibility index (Phi) is 6.62. The summed E-state index contributed by atoms with van der Waals surface area (Å²) in [6.45, 7) is 2.54. The van der Waals surface area contributed by atoms with Crippen molar-refractivity contribution in [2.45, 2.75) is 31.7 Å². The van der Waals surface area contributed by atoms with Gasteiger partial charge >= 0.3 is 0 Å². The van der Waals surface area contributed by atoms with E-state index >= 15 is 0 Å². The van der Waals surface area contributed by atoms with Crippen molar-refractivity contribution in [3.05, 3.63) is 70.3 Å². The number of fused-ring (bicyclic) bond motifs is 1. The highest BCUT2D eigenvalue weighted by Crippen LogP contribution is 2.31. The van der Waals surface area contributed by atoms with Crippen LogP contribution < -0.4 is 15.6 Å². The van der Waals surface area contributed by atoms with Gasteiger partial charge in [-0.05, 0) is 44.1 Å². The first-order valence-electron chi connectivity index (χ1n) is 10.8. The largest absolute Gasteiger partial charge is 0.496 e. The molecule has 2 aromatic carbocycles. The van der Waals surface area contributed by atoms with Gasteiger partial charge in [-0.1, -0.05) is 30.3 Å². The maximum Gasteiger partial charge on any atom is 0.258 e. The van der Waals surface area contributed by atoms with E-state index < -0.39 is 0 Å². The zero-order valence-corrected chi connectivity index (χ0v) is 17.8. The van der Waals surface area contributed by atoms with Crippen LogP contribution in [0.15, 0.2) is 53.3 Å². The number of carbonyl (C=O) groups excluding carboxylic acids is 1. The highest BCUT2D eigenvalue weighted by atomic mass is 16.5. The second-order valence-electron chi connectivity index (χ2n) is 7.83. The number of methoxy groups -OCH3 is 1. The van der Waals surface area contributed by atoms with Gasteiger partial charge in [-0.15, -0.1) is 0 Å². The SMILES string of the molecule is COc1ccccc1[C@H](CNC(=O)CCc1nc2ccccc2c(=O)[nH]1)N1CCCC1. The first-order valence-corrected chi connectivity index (χ1v) is 10.8. The molecule has 1 aliphatic heterocycles. The summed E-state index contributed by atoms with van der Waals surface area (Å²) in [5.41, 5.74) is 1.56. The number of nitrogens with one attached hydrogen (secondary N) is 2. The molecule has 0 aliphatic carbocycles. The number of benzene rings is 2. The molecule has 1 atom stereocenters. The van der Waals surface area contributed by atoms with E-state index in [0.29, 0.717) is 29.7 Å². The second kappa shape index (κ2) is 9.75. The minimum atomic E-state index is -0.175. The van der Waals surface area contributed by atoms with Crippen molar-refractivity contribution >= 4 is 16.8 Å². The molecule has 4 rings (SSSR count). The van der Waals surface area contributed by atoms with Gasteiger partial charge in [0.1, 0.15) is 11.6 Å². The van der Waals surface area contributed by atoms with E-state index in [4.69, 9.17) is 4.74 Å². The molecule has 2 heterocycles.